The number of hydrogen-bond acceptors (Lipinski definition) is 2. The van der Waals surface area contributed by atoms with Crippen LogP contribution >= 0.6 is 23.2 Å². The summed E-state index contributed by atoms with van der Waals surface area (Å²) >= 11 is 12.0. The quantitative estimate of drug-likeness (QED) is 0.897. The van der Waals surface area contributed by atoms with Gasteiger partial charge in [0.25, 0.3) is 0 Å². The van der Waals surface area contributed by atoms with Gasteiger partial charge in [0.05, 0.1) is 12.3 Å². The van der Waals surface area contributed by atoms with Crippen LogP contribution in [0.3, 0.4) is 0 Å². The first-order valence-corrected chi connectivity index (χ1v) is 7.18. The number of carboxylic acids is 1. The molecule has 6 heteroatoms. The monoisotopic (exact) mass is 315 g/mol. The zero-order valence-corrected chi connectivity index (χ0v) is 12.2. The van der Waals surface area contributed by atoms with Crippen molar-refractivity contribution in [3.05, 3.63) is 33.8 Å². The Balaban J connectivity index is 1.92. The normalized spacial score (nSPS) is 21.7. The molecule has 108 valence electrons. The van der Waals surface area contributed by atoms with E-state index in [1.54, 1.807) is 18.2 Å². The summed E-state index contributed by atoms with van der Waals surface area (Å²) in [5, 5.41) is 12.7. The molecule has 1 fully saturated rings. The molecule has 1 aromatic carbocycles. The first kappa shape index (κ1) is 15.1. The van der Waals surface area contributed by atoms with E-state index in [2.05, 4.69) is 5.32 Å². The van der Waals surface area contributed by atoms with E-state index >= 15 is 0 Å². The minimum absolute atomic E-state index is 0.0788. The predicted molar refractivity (Wildman–Crippen MR) is 77.1 cm³/mol. The van der Waals surface area contributed by atoms with Gasteiger partial charge < -0.3 is 10.4 Å². The highest BCUT2D eigenvalue weighted by molar-refractivity contribution is 6.36. The van der Waals surface area contributed by atoms with Crippen LogP contribution in [0.25, 0.3) is 0 Å². The molecule has 4 nitrogen and oxygen atoms in total. The molecular formula is C14H15Cl2NO3. The zero-order valence-electron chi connectivity index (χ0n) is 10.7. The van der Waals surface area contributed by atoms with Crippen LogP contribution in [0.1, 0.15) is 24.8 Å². The van der Waals surface area contributed by atoms with E-state index in [1.165, 1.54) is 0 Å². The van der Waals surface area contributed by atoms with Crippen molar-refractivity contribution in [1.82, 2.24) is 5.32 Å². The van der Waals surface area contributed by atoms with E-state index in [-0.39, 0.29) is 24.3 Å². The summed E-state index contributed by atoms with van der Waals surface area (Å²) in [6, 6.07) is 5.02. The number of nitrogens with one attached hydrogen (secondary N) is 1. The Morgan fingerprint density at radius 2 is 1.90 bits per heavy atom. The van der Waals surface area contributed by atoms with Crippen molar-refractivity contribution in [2.24, 2.45) is 5.92 Å². The highest BCUT2D eigenvalue weighted by atomic mass is 35.5. The van der Waals surface area contributed by atoms with Gasteiger partial charge in [0.15, 0.2) is 0 Å². The Morgan fingerprint density at radius 1 is 1.25 bits per heavy atom. The third-order valence-electron chi connectivity index (χ3n) is 3.55. The van der Waals surface area contributed by atoms with Crippen LogP contribution in [0.4, 0.5) is 0 Å². The lowest BCUT2D eigenvalue weighted by Crippen LogP contribution is -2.34. The molecule has 0 spiro atoms. The highest BCUT2D eigenvalue weighted by Crippen LogP contribution is 2.27. The van der Waals surface area contributed by atoms with Crippen molar-refractivity contribution >= 4 is 35.1 Å². The van der Waals surface area contributed by atoms with Crippen molar-refractivity contribution < 1.29 is 14.7 Å². The van der Waals surface area contributed by atoms with Gasteiger partial charge in [-0.2, -0.15) is 0 Å². The molecule has 1 aromatic rings. The number of rotatable bonds is 4. The Kier molecular flexibility index (Phi) is 4.89. The third-order valence-corrected chi connectivity index (χ3v) is 4.25. The molecule has 20 heavy (non-hydrogen) atoms. The molecule has 0 heterocycles. The van der Waals surface area contributed by atoms with Gasteiger partial charge in [-0.1, -0.05) is 29.3 Å². The molecule has 1 saturated carbocycles. The second kappa shape index (κ2) is 6.46. The van der Waals surface area contributed by atoms with E-state index in [0.717, 1.165) is 0 Å². The molecule has 2 N–H and O–H groups in total. The smallest absolute Gasteiger partial charge is 0.306 e. The Bertz CT molecular complexity index is 513. The number of carbonyl (C=O) groups excluding carboxylic acids is 1. The summed E-state index contributed by atoms with van der Waals surface area (Å²) in [5.74, 6) is -1.34. The minimum atomic E-state index is -0.795. The molecular weight excluding hydrogens is 301 g/mol. The molecule has 0 radical (unpaired) electrons. The fraction of sp³-hybridized carbons (Fsp3) is 0.429. The average molecular weight is 316 g/mol. The highest BCUT2D eigenvalue weighted by Gasteiger charge is 2.30. The summed E-state index contributed by atoms with van der Waals surface area (Å²) in [6.07, 6.45) is 1.89. The van der Waals surface area contributed by atoms with Crippen molar-refractivity contribution in [3.8, 4) is 0 Å². The van der Waals surface area contributed by atoms with Gasteiger partial charge in [0.2, 0.25) is 5.91 Å². The summed E-state index contributed by atoms with van der Waals surface area (Å²) < 4.78 is 0. The first-order valence-electron chi connectivity index (χ1n) is 6.42. The van der Waals surface area contributed by atoms with E-state index in [9.17, 15) is 9.59 Å². The Labute approximate surface area is 127 Å². The maximum atomic E-state index is 12.0. The second-order valence-corrected chi connectivity index (χ2v) is 5.80. The Hall–Kier alpha value is -1.26. The number of carbonyl (C=O) groups is 2. The van der Waals surface area contributed by atoms with Crippen LogP contribution in [0.2, 0.25) is 10.0 Å². The molecule has 0 aliphatic heterocycles. The standard InChI is InChI=1S/C14H15Cl2NO3/c15-11-2-1-3-12(16)10(11)7-13(18)17-9-5-4-8(6-9)14(19)20/h1-3,8-9H,4-7H2,(H,17,18)(H,19,20)/t8-,9+/m1/s1. The number of benzene rings is 1. The average Bonchev–Trinajstić information content (AvgIpc) is 2.82. The van der Waals surface area contributed by atoms with Gasteiger partial charge in [0, 0.05) is 16.1 Å². The van der Waals surface area contributed by atoms with Gasteiger partial charge in [-0.3, -0.25) is 9.59 Å². The van der Waals surface area contributed by atoms with E-state index in [1.807, 2.05) is 0 Å². The van der Waals surface area contributed by atoms with Gasteiger partial charge >= 0.3 is 5.97 Å². The summed E-state index contributed by atoms with van der Waals surface area (Å²) in [4.78, 5) is 22.8. The molecule has 0 bridgehead atoms. The van der Waals surface area contributed by atoms with E-state index in [0.29, 0.717) is 34.9 Å². The lowest BCUT2D eigenvalue weighted by Gasteiger charge is -2.13. The van der Waals surface area contributed by atoms with Gasteiger partial charge in [-0.05, 0) is 37.0 Å². The first-order chi connectivity index (χ1) is 9.47. The molecule has 2 atom stereocenters. The van der Waals surface area contributed by atoms with Crippen LogP contribution in [0.5, 0.6) is 0 Å². The largest absolute Gasteiger partial charge is 0.481 e. The van der Waals surface area contributed by atoms with Crippen LogP contribution in [-0.4, -0.2) is 23.0 Å². The Morgan fingerprint density at radius 3 is 2.45 bits per heavy atom. The fourth-order valence-electron chi connectivity index (χ4n) is 2.48. The molecule has 1 aliphatic carbocycles. The maximum absolute atomic E-state index is 12.0. The number of carboxylic acid groups (broad SMARTS) is 1. The lowest BCUT2D eigenvalue weighted by molar-refractivity contribution is -0.141. The van der Waals surface area contributed by atoms with E-state index in [4.69, 9.17) is 28.3 Å². The van der Waals surface area contributed by atoms with Crippen LogP contribution < -0.4 is 5.32 Å². The van der Waals surface area contributed by atoms with Crippen molar-refractivity contribution in [1.29, 1.82) is 0 Å². The fourth-order valence-corrected chi connectivity index (χ4v) is 3.01. The summed E-state index contributed by atoms with van der Waals surface area (Å²) in [7, 11) is 0. The molecule has 1 amide bonds. The number of aliphatic carboxylic acids is 1. The number of halogens is 2. The van der Waals surface area contributed by atoms with Crippen molar-refractivity contribution in [2.45, 2.75) is 31.7 Å². The molecule has 0 saturated heterocycles. The molecule has 1 aliphatic rings. The van der Waals surface area contributed by atoms with E-state index < -0.39 is 5.97 Å². The van der Waals surface area contributed by atoms with Crippen molar-refractivity contribution in [3.63, 3.8) is 0 Å². The van der Waals surface area contributed by atoms with Gasteiger partial charge in [0.1, 0.15) is 0 Å². The van der Waals surface area contributed by atoms with Crippen LogP contribution in [0.15, 0.2) is 18.2 Å². The molecule has 2 rings (SSSR count). The van der Waals surface area contributed by atoms with Crippen LogP contribution in [-0.2, 0) is 16.0 Å². The second-order valence-electron chi connectivity index (χ2n) is 4.99. The molecule has 0 aromatic heterocycles. The SMILES string of the molecule is O=C(Cc1c(Cl)cccc1Cl)N[C@H]1CC[C@@H](C(=O)O)C1. The topological polar surface area (TPSA) is 66.4 Å². The maximum Gasteiger partial charge on any atom is 0.306 e. The number of amides is 1. The minimum Gasteiger partial charge on any atom is -0.481 e. The summed E-state index contributed by atoms with van der Waals surface area (Å²) in [5.41, 5.74) is 0.598. The third kappa shape index (κ3) is 3.64. The zero-order chi connectivity index (χ0) is 14.7. The predicted octanol–water partition coefficient (Wildman–Crippen LogP) is 2.91. The lowest BCUT2D eigenvalue weighted by atomic mass is 10.1. The van der Waals surface area contributed by atoms with Gasteiger partial charge in [-0.15, -0.1) is 0 Å². The van der Waals surface area contributed by atoms with Gasteiger partial charge in [-0.25, -0.2) is 0 Å². The summed E-state index contributed by atoms with van der Waals surface area (Å²) in [6.45, 7) is 0. The molecule has 0 unspecified atom stereocenters. The van der Waals surface area contributed by atoms with Crippen LogP contribution in [0, 0.1) is 5.92 Å². The number of hydrogen-bond donors (Lipinski definition) is 2. The van der Waals surface area contributed by atoms with Crippen molar-refractivity contribution in [2.75, 3.05) is 0 Å².